The Labute approximate surface area is 282 Å². The number of anilines is 1. The average Bonchev–Trinajstić information content (AvgIpc) is 3.83. The average molecular weight is 645 g/mol. The number of nitrogens with zero attached hydrogens (tertiary/aromatic N) is 9. The molecule has 8 rings (SSSR count). The fourth-order valence-corrected chi connectivity index (χ4v) is 6.93. The molecule has 0 bridgehead atoms. The monoisotopic (exact) mass is 644 g/mol. The van der Waals surface area contributed by atoms with Gasteiger partial charge in [-0.05, 0) is 75.4 Å². The van der Waals surface area contributed by atoms with E-state index in [0.717, 1.165) is 67.1 Å². The summed E-state index contributed by atoms with van der Waals surface area (Å²) in [4.78, 5) is 16.7. The van der Waals surface area contributed by atoms with Crippen LogP contribution in [0.4, 0.5) is 5.82 Å². The zero-order chi connectivity index (χ0) is 32.5. The minimum absolute atomic E-state index is 0.440. The van der Waals surface area contributed by atoms with E-state index < -0.39 is 0 Å². The third kappa shape index (κ3) is 7.40. The van der Waals surface area contributed by atoms with Gasteiger partial charge in [-0.25, -0.2) is 14.5 Å². The van der Waals surface area contributed by atoms with Crippen molar-refractivity contribution in [2.24, 2.45) is 0 Å². The van der Waals surface area contributed by atoms with Crippen LogP contribution in [-0.2, 0) is 17.8 Å². The van der Waals surface area contributed by atoms with Crippen molar-refractivity contribution in [3.05, 3.63) is 78.3 Å². The molecule has 11 heteroatoms. The summed E-state index contributed by atoms with van der Waals surface area (Å²) in [5.41, 5.74) is 6.64. The van der Waals surface area contributed by atoms with E-state index in [4.69, 9.17) is 14.7 Å². The van der Waals surface area contributed by atoms with Crippen LogP contribution in [0.5, 0.6) is 0 Å². The lowest BCUT2D eigenvalue weighted by Crippen LogP contribution is -2.30. The molecule has 0 unspecified atom stereocenters. The van der Waals surface area contributed by atoms with Gasteiger partial charge >= 0.3 is 0 Å². The van der Waals surface area contributed by atoms with Crippen molar-refractivity contribution < 1.29 is 4.74 Å². The molecule has 7 heterocycles. The SMILES string of the molecule is C1CCNCC1.N#Cc1cnn2cc(-c3cnn(C4CCCCC4)c3)nc(-c3ccc(N4CCCc5ncccc5COCC4)nc3)c12. The Morgan fingerprint density at radius 3 is 2.50 bits per heavy atom. The van der Waals surface area contributed by atoms with Gasteiger partial charge in [0, 0.05) is 48.5 Å². The summed E-state index contributed by atoms with van der Waals surface area (Å²) >= 11 is 0. The van der Waals surface area contributed by atoms with Crippen molar-refractivity contribution in [1.82, 2.24) is 39.7 Å². The third-order valence-electron chi connectivity index (χ3n) is 9.60. The highest BCUT2D eigenvalue weighted by atomic mass is 16.5. The molecular weight excluding hydrogens is 600 g/mol. The highest BCUT2D eigenvalue weighted by Crippen LogP contribution is 2.32. The van der Waals surface area contributed by atoms with Gasteiger partial charge in [0.25, 0.3) is 0 Å². The first-order chi connectivity index (χ1) is 23.8. The minimum Gasteiger partial charge on any atom is -0.375 e. The molecule has 248 valence electrons. The van der Waals surface area contributed by atoms with Crippen LogP contribution >= 0.6 is 0 Å². The van der Waals surface area contributed by atoms with Crippen molar-refractivity contribution >= 4 is 11.3 Å². The fourth-order valence-electron chi connectivity index (χ4n) is 6.93. The molecule has 5 aromatic rings. The number of rotatable bonds is 4. The largest absolute Gasteiger partial charge is 0.375 e. The van der Waals surface area contributed by atoms with Gasteiger partial charge in [-0.15, -0.1) is 0 Å². The molecule has 0 atom stereocenters. The Morgan fingerprint density at radius 1 is 0.854 bits per heavy atom. The lowest BCUT2D eigenvalue weighted by atomic mass is 9.96. The molecule has 0 spiro atoms. The summed E-state index contributed by atoms with van der Waals surface area (Å²) in [6.07, 6.45) is 23.4. The first kappa shape index (κ1) is 31.9. The maximum atomic E-state index is 9.81. The van der Waals surface area contributed by atoms with Gasteiger partial charge in [-0.1, -0.05) is 31.7 Å². The predicted octanol–water partition coefficient (Wildman–Crippen LogP) is 6.16. The van der Waals surface area contributed by atoms with E-state index in [1.807, 2.05) is 43.0 Å². The van der Waals surface area contributed by atoms with E-state index in [1.165, 1.54) is 57.2 Å². The lowest BCUT2D eigenvalue weighted by molar-refractivity contribution is 0.125. The van der Waals surface area contributed by atoms with Gasteiger partial charge in [-0.2, -0.15) is 15.5 Å². The normalized spacial score (nSPS) is 17.6. The summed E-state index contributed by atoms with van der Waals surface area (Å²) in [5.74, 6) is 0.888. The molecule has 2 fully saturated rings. The van der Waals surface area contributed by atoms with Crippen LogP contribution in [0.1, 0.15) is 80.7 Å². The van der Waals surface area contributed by atoms with Gasteiger partial charge in [-0.3, -0.25) is 9.67 Å². The van der Waals surface area contributed by atoms with Crippen LogP contribution in [0.2, 0.25) is 0 Å². The number of nitrogens with one attached hydrogen (secondary N) is 1. The second kappa shape index (κ2) is 15.5. The first-order valence-electron chi connectivity index (χ1n) is 17.5. The van der Waals surface area contributed by atoms with Gasteiger partial charge < -0.3 is 15.0 Å². The number of ether oxygens (including phenoxy) is 1. The minimum atomic E-state index is 0.440. The number of fused-ring (bicyclic) bond motifs is 2. The van der Waals surface area contributed by atoms with E-state index >= 15 is 0 Å². The number of hydrogen-bond donors (Lipinski definition) is 1. The van der Waals surface area contributed by atoms with Crippen LogP contribution in [0.3, 0.4) is 0 Å². The van der Waals surface area contributed by atoms with Gasteiger partial charge in [0.1, 0.15) is 23.0 Å². The summed E-state index contributed by atoms with van der Waals surface area (Å²) < 4.78 is 9.81. The Balaban J connectivity index is 0.000000550. The summed E-state index contributed by atoms with van der Waals surface area (Å²) in [5, 5.41) is 22.3. The van der Waals surface area contributed by atoms with Crippen molar-refractivity contribution in [3.8, 4) is 28.6 Å². The summed E-state index contributed by atoms with van der Waals surface area (Å²) in [6.45, 7) is 5.30. The number of piperidine rings is 1. The number of pyridine rings is 2. The van der Waals surface area contributed by atoms with E-state index in [9.17, 15) is 5.26 Å². The molecule has 0 radical (unpaired) electrons. The summed E-state index contributed by atoms with van der Waals surface area (Å²) in [7, 11) is 0. The van der Waals surface area contributed by atoms with Crippen molar-refractivity contribution in [3.63, 3.8) is 0 Å². The van der Waals surface area contributed by atoms with E-state index in [1.54, 1.807) is 10.7 Å². The molecule has 2 aliphatic heterocycles. The van der Waals surface area contributed by atoms with Crippen molar-refractivity contribution in [2.45, 2.75) is 76.9 Å². The molecule has 0 aromatic carbocycles. The molecule has 1 N–H and O–H groups in total. The first-order valence-corrected chi connectivity index (χ1v) is 17.5. The number of hydrogen-bond acceptors (Lipinski definition) is 9. The van der Waals surface area contributed by atoms with Gasteiger partial charge in [0.05, 0.1) is 49.2 Å². The maximum absolute atomic E-state index is 9.81. The van der Waals surface area contributed by atoms with Gasteiger partial charge in [0.2, 0.25) is 0 Å². The van der Waals surface area contributed by atoms with E-state index in [0.29, 0.717) is 36.0 Å². The van der Waals surface area contributed by atoms with E-state index in [2.05, 4.69) is 48.4 Å². The van der Waals surface area contributed by atoms with Crippen molar-refractivity contribution in [1.29, 1.82) is 5.26 Å². The molecule has 0 amide bonds. The third-order valence-corrected chi connectivity index (χ3v) is 9.60. The van der Waals surface area contributed by atoms with Gasteiger partial charge in [0.15, 0.2) is 0 Å². The molecule has 3 aliphatic rings. The Hall–Kier alpha value is -4.66. The molecule has 5 aromatic heterocycles. The smallest absolute Gasteiger partial charge is 0.128 e. The van der Waals surface area contributed by atoms with Crippen LogP contribution in [0.25, 0.3) is 28.0 Å². The van der Waals surface area contributed by atoms with Crippen LogP contribution < -0.4 is 10.2 Å². The molecule has 48 heavy (non-hydrogen) atoms. The second-order valence-electron chi connectivity index (χ2n) is 12.9. The molecule has 11 nitrogen and oxygen atoms in total. The Kier molecular flexibility index (Phi) is 10.3. The summed E-state index contributed by atoms with van der Waals surface area (Å²) in [6, 6.07) is 10.8. The van der Waals surface area contributed by atoms with E-state index in [-0.39, 0.29) is 0 Å². The number of aryl methyl sites for hydroxylation is 1. The lowest BCUT2D eigenvalue weighted by Gasteiger charge is -2.25. The van der Waals surface area contributed by atoms with Crippen molar-refractivity contribution in [2.75, 3.05) is 37.7 Å². The molecule has 1 aliphatic carbocycles. The number of aromatic nitrogens is 7. The number of nitriles is 1. The Bertz CT molecular complexity index is 1820. The highest BCUT2D eigenvalue weighted by Gasteiger charge is 2.20. The maximum Gasteiger partial charge on any atom is 0.128 e. The standard InChI is InChI=1S/C32H33N9O.C5H11N/c33-16-25-18-37-41-21-29(26-19-36-40(20-26)27-7-2-1-3-8-27)38-31(32(25)41)23-10-11-30(35-17-23)39-13-5-9-28-24(6-4-12-34-28)22-42-15-14-39;1-2-4-6-5-3-1/h4,6,10-12,17-21,27H,1-3,5,7-9,13-15,22H2;6H,1-5H2. The molecular formula is C37H44N10O. The predicted molar refractivity (Wildman–Crippen MR) is 185 cm³/mol. The van der Waals surface area contributed by atoms with Crippen LogP contribution in [0, 0.1) is 11.3 Å². The fraction of sp³-hybridized carbons (Fsp3) is 0.459. The van der Waals surface area contributed by atoms with Crippen LogP contribution in [-0.4, -0.2) is 67.1 Å². The van der Waals surface area contributed by atoms with Crippen LogP contribution in [0.15, 0.2) is 61.4 Å². The highest BCUT2D eigenvalue weighted by molar-refractivity contribution is 5.83. The zero-order valence-electron chi connectivity index (χ0n) is 27.6. The Morgan fingerprint density at radius 2 is 1.73 bits per heavy atom. The zero-order valence-corrected chi connectivity index (χ0v) is 27.6. The topological polar surface area (TPSA) is 122 Å². The molecule has 1 saturated carbocycles. The molecule has 1 saturated heterocycles. The quantitative estimate of drug-likeness (QED) is 0.245. The second-order valence-corrected chi connectivity index (χ2v) is 12.9.